The number of carbonyl (C=O) groups excluding carboxylic acids is 1. The van der Waals surface area contributed by atoms with E-state index < -0.39 is 11.8 Å². The molecule has 0 N–H and O–H groups in total. The predicted molar refractivity (Wildman–Crippen MR) is 68.3 cm³/mol. The molecule has 0 aromatic heterocycles. The molecule has 0 spiro atoms. The van der Waals surface area contributed by atoms with E-state index in [1.165, 1.54) is 7.11 Å². The predicted octanol–water partition coefficient (Wildman–Crippen LogP) is 2.39. The summed E-state index contributed by atoms with van der Waals surface area (Å²) in [6.07, 6.45) is 0.981. The third kappa shape index (κ3) is 2.64. The zero-order valence-corrected chi connectivity index (χ0v) is 10.9. The van der Waals surface area contributed by atoms with Crippen molar-refractivity contribution in [3.8, 4) is 0 Å². The van der Waals surface area contributed by atoms with Gasteiger partial charge in [0.25, 0.3) is 0 Å². The third-order valence-electron chi connectivity index (χ3n) is 3.54. The van der Waals surface area contributed by atoms with Crippen LogP contribution in [0, 0.1) is 0 Å². The lowest BCUT2D eigenvalue weighted by atomic mass is 9.84. The maximum Gasteiger partial charge on any atom is 0.508 e. The topological polar surface area (TPSA) is 38.8 Å². The minimum atomic E-state index is -0.608. The molecule has 1 aliphatic heterocycles. The zero-order chi connectivity index (χ0) is 13.0. The molecule has 1 aromatic rings. The second-order valence-electron chi connectivity index (χ2n) is 4.72. The quantitative estimate of drug-likeness (QED) is 0.754. The van der Waals surface area contributed by atoms with Gasteiger partial charge in [-0.05, 0) is 12.6 Å². The summed E-state index contributed by atoms with van der Waals surface area (Å²) in [6, 6.07) is 9.92. The smallest absolute Gasteiger partial charge is 0.438 e. The first-order chi connectivity index (χ1) is 8.66. The van der Waals surface area contributed by atoms with Gasteiger partial charge in [-0.2, -0.15) is 0 Å². The van der Waals surface area contributed by atoms with Crippen molar-refractivity contribution in [3.63, 3.8) is 0 Å². The van der Waals surface area contributed by atoms with Crippen LogP contribution < -0.4 is 0 Å². The van der Waals surface area contributed by atoms with Crippen molar-refractivity contribution in [2.45, 2.75) is 18.4 Å². The van der Waals surface area contributed by atoms with Gasteiger partial charge < -0.3 is 14.4 Å². The Labute approximate surface area is 107 Å². The number of rotatable bonds is 2. The van der Waals surface area contributed by atoms with Crippen molar-refractivity contribution in [1.82, 2.24) is 4.90 Å². The Bertz CT molecular complexity index is 397. The molecule has 4 nitrogen and oxygen atoms in total. The monoisotopic (exact) mass is 249 g/mol. The molecule has 18 heavy (non-hydrogen) atoms. The van der Waals surface area contributed by atoms with Gasteiger partial charge in [-0.15, -0.1) is 0 Å². The SMILES string of the molecule is COC(=O)OC1(c2ccccc2)CCN(C)CC1. The van der Waals surface area contributed by atoms with Crippen LogP contribution in [0.2, 0.25) is 0 Å². The van der Waals surface area contributed by atoms with Crippen LogP contribution in [0.1, 0.15) is 18.4 Å². The lowest BCUT2D eigenvalue weighted by Gasteiger charge is -2.39. The molecule has 1 aromatic carbocycles. The van der Waals surface area contributed by atoms with Crippen LogP contribution in [0.5, 0.6) is 0 Å². The van der Waals surface area contributed by atoms with Crippen LogP contribution in [0.3, 0.4) is 0 Å². The van der Waals surface area contributed by atoms with Gasteiger partial charge in [0, 0.05) is 25.9 Å². The summed E-state index contributed by atoms with van der Waals surface area (Å²) in [5, 5.41) is 0. The summed E-state index contributed by atoms with van der Waals surface area (Å²) in [7, 11) is 3.42. The van der Waals surface area contributed by atoms with Crippen LogP contribution in [-0.2, 0) is 15.1 Å². The third-order valence-corrected chi connectivity index (χ3v) is 3.54. The highest BCUT2D eigenvalue weighted by Gasteiger charge is 2.39. The number of likely N-dealkylation sites (tertiary alicyclic amines) is 1. The highest BCUT2D eigenvalue weighted by atomic mass is 16.7. The molecule has 4 heteroatoms. The van der Waals surface area contributed by atoms with E-state index in [1.807, 2.05) is 30.3 Å². The number of benzene rings is 1. The van der Waals surface area contributed by atoms with Crippen LogP contribution in [0.15, 0.2) is 30.3 Å². The summed E-state index contributed by atoms with van der Waals surface area (Å²) in [5.74, 6) is 0. The molecule has 0 bridgehead atoms. The van der Waals surface area contributed by atoms with E-state index in [1.54, 1.807) is 0 Å². The Balaban J connectivity index is 2.25. The molecule has 98 valence electrons. The van der Waals surface area contributed by atoms with Crippen molar-refractivity contribution < 1.29 is 14.3 Å². The molecule has 0 amide bonds. The minimum absolute atomic E-state index is 0.541. The van der Waals surface area contributed by atoms with E-state index in [0.29, 0.717) is 0 Å². The average molecular weight is 249 g/mol. The molecule has 0 saturated carbocycles. The van der Waals surface area contributed by atoms with Gasteiger partial charge in [-0.1, -0.05) is 30.3 Å². The van der Waals surface area contributed by atoms with E-state index in [-0.39, 0.29) is 0 Å². The van der Waals surface area contributed by atoms with Gasteiger partial charge in [0.05, 0.1) is 7.11 Å². The van der Waals surface area contributed by atoms with Crippen molar-refractivity contribution in [2.75, 3.05) is 27.2 Å². The normalized spacial score (nSPS) is 19.2. The van der Waals surface area contributed by atoms with E-state index >= 15 is 0 Å². The summed E-state index contributed by atoms with van der Waals surface area (Å²) < 4.78 is 10.2. The first kappa shape index (κ1) is 12.9. The summed E-state index contributed by atoms with van der Waals surface area (Å²) in [4.78, 5) is 13.7. The summed E-state index contributed by atoms with van der Waals surface area (Å²) in [6.45, 7) is 1.82. The van der Waals surface area contributed by atoms with Gasteiger partial charge in [-0.25, -0.2) is 4.79 Å². The number of ether oxygens (including phenoxy) is 2. The van der Waals surface area contributed by atoms with Crippen LogP contribution in [0.25, 0.3) is 0 Å². The van der Waals surface area contributed by atoms with Gasteiger partial charge >= 0.3 is 6.16 Å². The molecule has 1 saturated heterocycles. The number of carbonyl (C=O) groups is 1. The lowest BCUT2D eigenvalue weighted by molar-refractivity contribution is -0.0636. The zero-order valence-electron chi connectivity index (χ0n) is 10.9. The molecular formula is C14H19NO3. The summed E-state index contributed by atoms with van der Waals surface area (Å²) in [5.41, 5.74) is 0.504. The van der Waals surface area contributed by atoms with Crippen molar-refractivity contribution in [1.29, 1.82) is 0 Å². The Morgan fingerprint density at radius 3 is 2.39 bits per heavy atom. The largest absolute Gasteiger partial charge is 0.508 e. The summed E-state index contributed by atoms with van der Waals surface area (Å²) >= 11 is 0. The fourth-order valence-electron chi connectivity index (χ4n) is 2.37. The van der Waals surface area contributed by atoms with Crippen molar-refractivity contribution in [3.05, 3.63) is 35.9 Å². The molecule has 0 aliphatic carbocycles. The molecule has 1 heterocycles. The van der Waals surface area contributed by atoms with Crippen LogP contribution in [-0.4, -0.2) is 38.3 Å². The molecular weight excluding hydrogens is 230 g/mol. The fraction of sp³-hybridized carbons (Fsp3) is 0.500. The second-order valence-corrected chi connectivity index (χ2v) is 4.72. The van der Waals surface area contributed by atoms with Gasteiger partial charge in [-0.3, -0.25) is 0 Å². The first-order valence-electron chi connectivity index (χ1n) is 6.17. The standard InChI is InChI=1S/C14H19NO3/c1-15-10-8-14(9-11-15,18-13(16)17-2)12-6-4-3-5-7-12/h3-7H,8-11H2,1-2H3. The maximum absolute atomic E-state index is 11.5. The van der Waals surface area contributed by atoms with Gasteiger partial charge in [0.1, 0.15) is 5.60 Å². The number of piperidine rings is 1. The molecule has 0 atom stereocenters. The fourth-order valence-corrected chi connectivity index (χ4v) is 2.37. The lowest BCUT2D eigenvalue weighted by Crippen LogP contribution is -2.43. The van der Waals surface area contributed by atoms with Gasteiger partial charge in [0.2, 0.25) is 0 Å². The van der Waals surface area contributed by atoms with E-state index in [0.717, 1.165) is 31.5 Å². The highest BCUT2D eigenvalue weighted by Crippen LogP contribution is 2.36. The Hall–Kier alpha value is -1.55. The maximum atomic E-state index is 11.5. The van der Waals surface area contributed by atoms with Gasteiger partial charge in [0.15, 0.2) is 0 Å². The number of methoxy groups -OCH3 is 1. The van der Waals surface area contributed by atoms with Crippen molar-refractivity contribution >= 4 is 6.16 Å². The van der Waals surface area contributed by atoms with E-state index in [9.17, 15) is 4.79 Å². The van der Waals surface area contributed by atoms with Crippen LogP contribution in [0.4, 0.5) is 4.79 Å². The second kappa shape index (κ2) is 5.40. The molecule has 1 fully saturated rings. The van der Waals surface area contributed by atoms with E-state index in [2.05, 4.69) is 16.7 Å². The Morgan fingerprint density at radius 2 is 1.83 bits per heavy atom. The minimum Gasteiger partial charge on any atom is -0.438 e. The van der Waals surface area contributed by atoms with Crippen molar-refractivity contribution in [2.24, 2.45) is 0 Å². The molecule has 0 unspecified atom stereocenters. The average Bonchev–Trinajstić information content (AvgIpc) is 2.42. The van der Waals surface area contributed by atoms with E-state index in [4.69, 9.17) is 4.74 Å². The molecule has 1 aliphatic rings. The Kier molecular flexibility index (Phi) is 3.87. The molecule has 0 radical (unpaired) electrons. The Morgan fingerprint density at radius 1 is 1.22 bits per heavy atom. The number of hydrogen-bond acceptors (Lipinski definition) is 4. The molecule has 2 rings (SSSR count). The highest BCUT2D eigenvalue weighted by molar-refractivity contribution is 5.60. The number of nitrogens with zero attached hydrogens (tertiary/aromatic N) is 1. The first-order valence-corrected chi connectivity index (χ1v) is 6.17. The van der Waals surface area contributed by atoms with Crippen LogP contribution >= 0.6 is 0 Å². The number of hydrogen-bond donors (Lipinski definition) is 0.